The summed E-state index contributed by atoms with van der Waals surface area (Å²) in [6, 6.07) is 7.43. The Labute approximate surface area is 109 Å². The van der Waals surface area contributed by atoms with Gasteiger partial charge in [-0.05, 0) is 43.9 Å². The highest BCUT2D eigenvalue weighted by molar-refractivity contribution is 9.10. The molecule has 0 bridgehead atoms. The highest BCUT2D eigenvalue weighted by atomic mass is 79.9. The van der Waals surface area contributed by atoms with E-state index in [1.165, 1.54) is 0 Å². The summed E-state index contributed by atoms with van der Waals surface area (Å²) in [5.74, 6) is -0.0644. The molecule has 0 aliphatic heterocycles. The summed E-state index contributed by atoms with van der Waals surface area (Å²) in [6.07, 6.45) is 3.18. The van der Waals surface area contributed by atoms with Crippen LogP contribution in [0.25, 0.3) is 0 Å². The maximum atomic E-state index is 12.0. The number of benzene rings is 1. The summed E-state index contributed by atoms with van der Waals surface area (Å²) in [5, 5.41) is 12.5. The smallest absolute Gasteiger partial charge is 0.251 e. The van der Waals surface area contributed by atoms with E-state index in [0.29, 0.717) is 12.0 Å². The van der Waals surface area contributed by atoms with Crippen molar-refractivity contribution in [2.24, 2.45) is 0 Å². The van der Waals surface area contributed by atoms with Crippen molar-refractivity contribution in [3.8, 4) is 0 Å². The molecule has 2 rings (SSSR count). The van der Waals surface area contributed by atoms with Gasteiger partial charge >= 0.3 is 0 Å². The molecule has 1 saturated carbocycles. The molecule has 1 aromatic carbocycles. The van der Waals surface area contributed by atoms with Crippen LogP contribution in [-0.2, 0) is 0 Å². The molecule has 2 N–H and O–H groups in total. The van der Waals surface area contributed by atoms with Gasteiger partial charge in [-0.25, -0.2) is 0 Å². The molecule has 1 aliphatic rings. The molecule has 0 heterocycles. The number of amides is 1. The van der Waals surface area contributed by atoms with Gasteiger partial charge in [0.1, 0.15) is 0 Å². The van der Waals surface area contributed by atoms with E-state index in [0.717, 1.165) is 23.7 Å². The molecular formula is C13H16BrNO2. The minimum Gasteiger partial charge on any atom is -0.393 e. The van der Waals surface area contributed by atoms with E-state index in [4.69, 9.17) is 0 Å². The third-order valence-electron chi connectivity index (χ3n) is 3.07. The zero-order chi connectivity index (χ0) is 12.3. The second kappa shape index (κ2) is 5.65. The first-order valence-electron chi connectivity index (χ1n) is 5.89. The Morgan fingerprint density at radius 3 is 2.94 bits per heavy atom. The molecule has 0 spiro atoms. The molecule has 92 valence electrons. The second-order valence-electron chi connectivity index (χ2n) is 4.50. The number of carbonyl (C=O) groups is 1. The Bertz CT molecular complexity index is 408. The summed E-state index contributed by atoms with van der Waals surface area (Å²) in [4.78, 5) is 12.0. The number of rotatable bonds is 2. The number of carbonyl (C=O) groups excluding carboxylic acids is 1. The molecule has 1 fully saturated rings. The van der Waals surface area contributed by atoms with Crippen LogP contribution in [0.4, 0.5) is 0 Å². The van der Waals surface area contributed by atoms with Gasteiger partial charge in [0, 0.05) is 16.1 Å². The number of hydrogen-bond donors (Lipinski definition) is 2. The molecule has 17 heavy (non-hydrogen) atoms. The fraction of sp³-hybridized carbons (Fsp3) is 0.462. The molecule has 3 nitrogen and oxygen atoms in total. The summed E-state index contributed by atoms with van der Waals surface area (Å²) < 4.78 is 0.897. The Balaban J connectivity index is 1.97. The number of aliphatic hydroxyl groups is 1. The molecule has 0 radical (unpaired) electrons. The van der Waals surface area contributed by atoms with Crippen LogP contribution < -0.4 is 5.32 Å². The first-order valence-corrected chi connectivity index (χ1v) is 6.69. The third kappa shape index (κ3) is 3.54. The van der Waals surface area contributed by atoms with E-state index in [1.807, 2.05) is 12.1 Å². The van der Waals surface area contributed by atoms with Crippen molar-refractivity contribution in [1.29, 1.82) is 0 Å². The lowest BCUT2D eigenvalue weighted by Crippen LogP contribution is -2.39. The van der Waals surface area contributed by atoms with Crippen LogP contribution in [0.15, 0.2) is 28.7 Å². The zero-order valence-corrected chi connectivity index (χ0v) is 11.1. The molecule has 0 unspecified atom stereocenters. The SMILES string of the molecule is O=C(N[C@@H]1CCC[C@@H](O)C1)c1cccc(Br)c1. The fourth-order valence-electron chi connectivity index (χ4n) is 2.19. The average Bonchev–Trinajstić information content (AvgIpc) is 2.29. The van der Waals surface area contributed by atoms with Gasteiger partial charge < -0.3 is 10.4 Å². The minimum absolute atomic E-state index is 0.0644. The van der Waals surface area contributed by atoms with Gasteiger partial charge in [-0.2, -0.15) is 0 Å². The van der Waals surface area contributed by atoms with E-state index in [2.05, 4.69) is 21.2 Å². The van der Waals surface area contributed by atoms with Crippen LogP contribution in [0.5, 0.6) is 0 Å². The normalized spacial score (nSPS) is 24.4. The van der Waals surface area contributed by atoms with Gasteiger partial charge in [0.05, 0.1) is 6.10 Å². The van der Waals surface area contributed by atoms with Crippen molar-refractivity contribution in [1.82, 2.24) is 5.32 Å². The first-order chi connectivity index (χ1) is 8.15. The Morgan fingerprint density at radius 2 is 2.24 bits per heavy atom. The molecule has 1 amide bonds. The topological polar surface area (TPSA) is 49.3 Å². The van der Waals surface area contributed by atoms with Crippen LogP contribution in [-0.4, -0.2) is 23.2 Å². The summed E-state index contributed by atoms with van der Waals surface area (Å²) in [7, 11) is 0. The van der Waals surface area contributed by atoms with Gasteiger partial charge in [-0.15, -0.1) is 0 Å². The Hall–Kier alpha value is -0.870. The molecule has 0 aromatic heterocycles. The molecule has 2 atom stereocenters. The Kier molecular flexibility index (Phi) is 4.18. The van der Waals surface area contributed by atoms with Crippen LogP contribution >= 0.6 is 15.9 Å². The van der Waals surface area contributed by atoms with E-state index in [9.17, 15) is 9.90 Å². The molecule has 0 saturated heterocycles. The van der Waals surface area contributed by atoms with Crippen LogP contribution in [0, 0.1) is 0 Å². The molecule has 1 aliphatic carbocycles. The number of hydrogen-bond acceptors (Lipinski definition) is 2. The largest absolute Gasteiger partial charge is 0.393 e. The van der Waals surface area contributed by atoms with Crippen molar-refractivity contribution in [3.05, 3.63) is 34.3 Å². The van der Waals surface area contributed by atoms with Crippen LogP contribution in [0.1, 0.15) is 36.0 Å². The lowest BCUT2D eigenvalue weighted by Gasteiger charge is -2.26. The number of halogens is 1. The predicted octanol–water partition coefficient (Wildman–Crippen LogP) is 2.48. The van der Waals surface area contributed by atoms with E-state index in [-0.39, 0.29) is 18.1 Å². The van der Waals surface area contributed by atoms with Gasteiger partial charge in [-0.3, -0.25) is 4.79 Å². The summed E-state index contributed by atoms with van der Waals surface area (Å²) in [6.45, 7) is 0. The average molecular weight is 298 g/mol. The van der Waals surface area contributed by atoms with Crippen molar-refractivity contribution in [2.75, 3.05) is 0 Å². The maximum absolute atomic E-state index is 12.0. The summed E-state index contributed by atoms with van der Waals surface area (Å²) in [5.41, 5.74) is 0.652. The van der Waals surface area contributed by atoms with Crippen LogP contribution in [0.3, 0.4) is 0 Å². The van der Waals surface area contributed by atoms with Gasteiger partial charge in [0.2, 0.25) is 0 Å². The molecular weight excluding hydrogens is 282 g/mol. The van der Waals surface area contributed by atoms with Crippen LogP contribution in [0.2, 0.25) is 0 Å². The van der Waals surface area contributed by atoms with E-state index in [1.54, 1.807) is 12.1 Å². The van der Waals surface area contributed by atoms with Gasteiger partial charge in [0.25, 0.3) is 5.91 Å². The van der Waals surface area contributed by atoms with Gasteiger partial charge in [-0.1, -0.05) is 22.0 Å². The van der Waals surface area contributed by atoms with Crippen molar-refractivity contribution >= 4 is 21.8 Å². The number of aliphatic hydroxyl groups excluding tert-OH is 1. The Morgan fingerprint density at radius 1 is 1.41 bits per heavy atom. The first kappa shape index (κ1) is 12.6. The lowest BCUT2D eigenvalue weighted by atomic mass is 9.93. The minimum atomic E-state index is -0.267. The predicted molar refractivity (Wildman–Crippen MR) is 69.9 cm³/mol. The van der Waals surface area contributed by atoms with Crippen molar-refractivity contribution in [2.45, 2.75) is 37.8 Å². The zero-order valence-electron chi connectivity index (χ0n) is 9.53. The maximum Gasteiger partial charge on any atom is 0.251 e. The monoisotopic (exact) mass is 297 g/mol. The van der Waals surface area contributed by atoms with E-state index < -0.39 is 0 Å². The summed E-state index contributed by atoms with van der Waals surface area (Å²) >= 11 is 3.35. The van der Waals surface area contributed by atoms with Crippen molar-refractivity contribution < 1.29 is 9.90 Å². The number of nitrogens with one attached hydrogen (secondary N) is 1. The standard InChI is InChI=1S/C13H16BrNO2/c14-10-4-1-3-9(7-10)13(17)15-11-5-2-6-12(16)8-11/h1,3-4,7,11-12,16H,2,5-6,8H2,(H,15,17)/t11-,12-/m1/s1. The molecule has 4 heteroatoms. The highest BCUT2D eigenvalue weighted by Crippen LogP contribution is 2.19. The van der Waals surface area contributed by atoms with E-state index >= 15 is 0 Å². The second-order valence-corrected chi connectivity index (χ2v) is 5.42. The van der Waals surface area contributed by atoms with Crippen molar-refractivity contribution in [3.63, 3.8) is 0 Å². The molecule has 1 aromatic rings. The quantitative estimate of drug-likeness (QED) is 0.881. The third-order valence-corrected chi connectivity index (χ3v) is 3.56. The highest BCUT2D eigenvalue weighted by Gasteiger charge is 2.21. The fourth-order valence-corrected chi connectivity index (χ4v) is 2.59. The lowest BCUT2D eigenvalue weighted by molar-refractivity contribution is 0.0850. The van der Waals surface area contributed by atoms with Gasteiger partial charge in [0.15, 0.2) is 0 Å².